The molecule has 0 fully saturated rings. The first-order valence-corrected chi connectivity index (χ1v) is 6.90. The Morgan fingerprint density at radius 1 is 1.16 bits per heavy atom. The summed E-state index contributed by atoms with van der Waals surface area (Å²) in [7, 11) is 0. The number of nitrogens with zero attached hydrogens (tertiary/aromatic N) is 1. The Bertz CT molecular complexity index is 645. The fourth-order valence-corrected chi connectivity index (χ4v) is 2.93. The maximum atomic E-state index is 5.51. The lowest BCUT2D eigenvalue weighted by Gasteiger charge is -2.26. The number of benzene rings is 2. The van der Waals surface area contributed by atoms with E-state index in [1.54, 1.807) is 0 Å². The van der Waals surface area contributed by atoms with Gasteiger partial charge in [-0.2, -0.15) is 0 Å². The summed E-state index contributed by atoms with van der Waals surface area (Å²) in [5.74, 6) is 2.74. The zero-order valence-corrected chi connectivity index (χ0v) is 11.9. The van der Waals surface area contributed by atoms with E-state index in [2.05, 4.69) is 50.3 Å². The first-order chi connectivity index (χ1) is 9.31. The molecule has 1 aliphatic rings. The third-order valence-electron chi connectivity index (χ3n) is 3.28. The molecule has 1 atom stereocenters. The third-order valence-corrected chi connectivity index (χ3v) is 4.00. The van der Waals surface area contributed by atoms with Gasteiger partial charge in [-0.3, -0.25) is 0 Å². The lowest BCUT2D eigenvalue weighted by atomic mass is 10.1. The van der Waals surface area contributed by atoms with E-state index in [0.29, 0.717) is 6.54 Å². The monoisotopic (exact) mass is 312 g/mol. The largest absolute Gasteiger partial charge is 0.360 e. The van der Waals surface area contributed by atoms with Crippen LogP contribution in [0.3, 0.4) is 0 Å². The van der Waals surface area contributed by atoms with Gasteiger partial charge in [0.15, 0.2) is 0 Å². The second-order valence-corrected chi connectivity index (χ2v) is 5.27. The van der Waals surface area contributed by atoms with Crippen molar-refractivity contribution < 1.29 is 0 Å². The molecule has 94 valence electrons. The van der Waals surface area contributed by atoms with Crippen molar-refractivity contribution in [1.29, 1.82) is 0 Å². The van der Waals surface area contributed by atoms with Crippen LogP contribution in [0.1, 0.15) is 11.7 Å². The third kappa shape index (κ3) is 2.09. The first kappa shape index (κ1) is 12.1. The second-order valence-electron chi connectivity index (χ2n) is 4.42. The summed E-state index contributed by atoms with van der Waals surface area (Å²) >= 11 is 3.61. The van der Waals surface area contributed by atoms with E-state index in [1.807, 2.05) is 30.3 Å². The van der Waals surface area contributed by atoms with Crippen LogP contribution in [0.25, 0.3) is 0 Å². The first-order valence-electron chi connectivity index (χ1n) is 6.11. The Morgan fingerprint density at radius 2 is 1.89 bits per heavy atom. The van der Waals surface area contributed by atoms with Crippen molar-refractivity contribution in [2.75, 3.05) is 16.8 Å². The van der Waals surface area contributed by atoms with Crippen LogP contribution < -0.4 is 10.2 Å². The lowest BCUT2D eigenvalue weighted by molar-refractivity contribution is 0.760. The molecule has 2 nitrogen and oxygen atoms in total. The summed E-state index contributed by atoms with van der Waals surface area (Å²) in [5, 5.41) is 3.53. The molecule has 0 amide bonds. The van der Waals surface area contributed by atoms with Crippen molar-refractivity contribution in [2.24, 2.45) is 0 Å². The highest BCUT2D eigenvalue weighted by Gasteiger charge is 2.29. The van der Waals surface area contributed by atoms with E-state index in [1.165, 1.54) is 5.56 Å². The van der Waals surface area contributed by atoms with Gasteiger partial charge in [-0.25, -0.2) is 0 Å². The molecule has 0 radical (unpaired) electrons. The molecule has 3 heteroatoms. The van der Waals surface area contributed by atoms with Gasteiger partial charge in [0.25, 0.3) is 0 Å². The van der Waals surface area contributed by atoms with E-state index in [-0.39, 0.29) is 6.17 Å². The number of halogens is 1. The molecular weight excluding hydrogens is 300 g/mol. The average molecular weight is 313 g/mol. The van der Waals surface area contributed by atoms with Gasteiger partial charge in [-0.1, -0.05) is 52.2 Å². The number of nitrogens with one attached hydrogen (secondary N) is 1. The van der Waals surface area contributed by atoms with Crippen molar-refractivity contribution in [2.45, 2.75) is 6.17 Å². The molecule has 0 aromatic heterocycles. The van der Waals surface area contributed by atoms with Crippen molar-refractivity contribution >= 4 is 27.3 Å². The van der Waals surface area contributed by atoms with E-state index >= 15 is 0 Å². The van der Waals surface area contributed by atoms with Crippen LogP contribution in [-0.2, 0) is 0 Å². The fraction of sp³-hybridized carbons (Fsp3) is 0.125. The van der Waals surface area contributed by atoms with Crippen molar-refractivity contribution in [3.05, 3.63) is 58.6 Å². The molecule has 1 heterocycles. The Hall–Kier alpha value is -1.92. The Kier molecular flexibility index (Phi) is 3.18. The zero-order chi connectivity index (χ0) is 13.2. The maximum Gasteiger partial charge on any atom is 0.128 e. The Morgan fingerprint density at radius 3 is 2.68 bits per heavy atom. The van der Waals surface area contributed by atoms with E-state index in [4.69, 9.17) is 6.42 Å². The predicted molar refractivity (Wildman–Crippen MR) is 83.1 cm³/mol. The zero-order valence-electron chi connectivity index (χ0n) is 10.3. The van der Waals surface area contributed by atoms with Crippen molar-refractivity contribution in [3.8, 4) is 12.3 Å². The summed E-state index contributed by atoms with van der Waals surface area (Å²) in [4.78, 5) is 2.20. The van der Waals surface area contributed by atoms with Gasteiger partial charge in [0.2, 0.25) is 0 Å². The van der Waals surface area contributed by atoms with Gasteiger partial charge in [0, 0.05) is 10.0 Å². The van der Waals surface area contributed by atoms with E-state index < -0.39 is 0 Å². The molecule has 0 saturated heterocycles. The van der Waals surface area contributed by atoms with Gasteiger partial charge in [0.1, 0.15) is 6.17 Å². The van der Waals surface area contributed by atoms with Gasteiger partial charge in [-0.05, 0) is 18.2 Å². The molecule has 2 aromatic carbocycles. The van der Waals surface area contributed by atoms with Gasteiger partial charge >= 0.3 is 0 Å². The fourth-order valence-electron chi connectivity index (χ4n) is 2.43. The van der Waals surface area contributed by atoms with Crippen LogP contribution in [0, 0.1) is 12.3 Å². The Balaban J connectivity index is 2.05. The van der Waals surface area contributed by atoms with Crippen LogP contribution in [0.2, 0.25) is 0 Å². The summed E-state index contributed by atoms with van der Waals surface area (Å²) in [5.41, 5.74) is 3.47. The molecule has 1 unspecified atom stereocenters. The minimum atomic E-state index is 0.0732. The molecule has 19 heavy (non-hydrogen) atoms. The van der Waals surface area contributed by atoms with Gasteiger partial charge < -0.3 is 10.2 Å². The summed E-state index contributed by atoms with van der Waals surface area (Å²) in [6.07, 6.45) is 5.59. The highest BCUT2D eigenvalue weighted by Crippen LogP contribution is 2.42. The van der Waals surface area contributed by atoms with Gasteiger partial charge in [-0.15, -0.1) is 6.42 Å². The normalized spacial score (nSPS) is 16.6. The standard InChI is InChI=1S/C16H13BrN2/c1-2-11-19-15-10-6-5-9-14(15)18-16(19)12-7-3-4-8-13(12)17/h1,3-10,16,18H,11H2. The second kappa shape index (κ2) is 4.99. The van der Waals surface area contributed by atoms with E-state index in [0.717, 1.165) is 15.8 Å². The molecule has 0 saturated carbocycles. The predicted octanol–water partition coefficient (Wildman–Crippen LogP) is 4.01. The molecule has 0 aliphatic carbocycles. The number of hydrogen-bond donors (Lipinski definition) is 1. The lowest BCUT2D eigenvalue weighted by Crippen LogP contribution is -2.28. The summed E-state index contributed by atoms with van der Waals surface area (Å²) in [6.45, 7) is 0.579. The molecule has 0 bridgehead atoms. The average Bonchev–Trinajstić information content (AvgIpc) is 2.79. The van der Waals surface area contributed by atoms with E-state index in [9.17, 15) is 0 Å². The minimum Gasteiger partial charge on any atom is -0.360 e. The van der Waals surface area contributed by atoms with Gasteiger partial charge in [0.05, 0.1) is 17.9 Å². The molecule has 1 N–H and O–H groups in total. The summed E-state index contributed by atoms with van der Waals surface area (Å²) < 4.78 is 1.09. The number of hydrogen-bond acceptors (Lipinski definition) is 2. The number of rotatable bonds is 2. The van der Waals surface area contributed by atoms with Crippen LogP contribution >= 0.6 is 15.9 Å². The molecule has 2 aromatic rings. The smallest absolute Gasteiger partial charge is 0.128 e. The van der Waals surface area contributed by atoms with Crippen LogP contribution in [0.5, 0.6) is 0 Å². The number of terminal acetylenes is 1. The molecule has 3 rings (SSSR count). The number of anilines is 2. The maximum absolute atomic E-state index is 5.51. The van der Waals surface area contributed by atoms with Crippen LogP contribution in [0.15, 0.2) is 53.0 Å². The minimum absolute atomic E-state index is 0.0732. The van der Waals surface area contributed by atoms with Crippen molar-refractivity contribution in [3.63, 3.8) is 0 Å². The van der Waals surface area contributed by atoms with Crippen LogP contribution in [-0.4, -0.2) is 6.54 Å². The van der Waals surface area contributed by atoms with Crippen LogP contribution in [0.4, 0.5) is 11.4 Å². The summed E-state index contributed by atoms with van der Waals surface area (Å²) in [6, 6.07) is 16.5. The molecular formula is C16H13BrN2. The topological polar surface area (TPSA) is 15.3 Å². The highest BCUT2D eigenvalue weighted by molar-refractivity contribution is 9.10. The highest BCUT2D eigenvalue weighted by atomic mass is 79.9. The number of para-hydroxylation sites is 2. The van der Waals surface area contributed by atoms with Crippen molar-refractivity contribution in [1.82, 2.24) is 0 Å². The SMILES string of the molecule is C#CCN1c2ccccc2NC1c1ccccc1Br. The Labute approximate surface area is 121 Å². The number of fused-ring (bicyclic) bond motifs is 1. The molecule has 1 aliphatic heterocycles. The molecule has 0 spiro atoms. The quantitative estimate of drug-likeness (QED) is 0.843.